The standard InChI is InChI=1S/C18H24O2/c1-18(2,3)17-13-8-4-6-11(13)15(10-16(19)20)12-7-5-9-14(12)17/h4-10H2,1-3H3,(H,19,20). The van der Waals surface area contributed by atoms with Crippen molar-refractivity contribution >= 4 is 5.97 Å². The van der Waals surface area contributed by atoms with Crippen LogP contribution in [-0.2, 0) is 42.3 Å². The predicted octanol–water partition coefficient (Wildman–Crippen LogP) is 3.59. The molecule has 0 saturated carbocycles. The van der Waals surface area contributed by atoms with E-state index in [9.17, 15) is 9.90 Å². The topological polar surface area (TPSA) is 37.3 Å². The minimum Gasteiger partial charge on any atom is -0.481 e. The summed E-state index contributed by atoms with van der Waals surface area (Å²) >= 11 is 0. The molecular weight excluding hydrogens is 248 g/mol. The zero-order chi connectivity index (χ0) is 14.5. The highest BCUT2D eigenvalue weighted by Crippen LogP contribution is 2.43. The lowest BCUT2D eigenvalue weighted by molar-refractivity contribution is -0.136. The van der Waals surface area contributed by atoms with Crippen molar-refractivity contribution in [3.8, 4) is 0 Å². The van der Waals surface area contributed by atoms with Gasteiger partial charge in [0.2, 0.25) is 0 Å². The summed E-state index contributed by atoms with van der Waals surface area (Å²) in [5.41, 5.74) is 8.65. The molecule has 0 atom stereocenters. The van der Waals surface area contributed by atoms with Crippen molar-refractivity contribution in [2.24, 2.45) is 0 Å². The monoisotopic (exact) mass is 272 g/mol. The first-order valence-electron chi connectivity index (χ1n) is 7.80. The van der Waals surface area contributed by atoms with E-state index in [4.69, 9.17) is 0 Å². The Bertz CT molecular complexity index is 541. The highest BCUT2D eigenvalue weighted by atomic mass is 16.4. The molecule has 0 unspecified atom stereocenters. The molecule has 2 aliphatic rings. The van der Waals surface area contributed by atoms with Crippen LogP contribution in [0.3, 0.4) is 0 Å². The number of fused-ring (bicyclic) bond motifs is 2. The van der Waals surface area contributed by atoms with Gasteiger partial charge in [0.25, 0.3) is 0 Å². The Morgan fingerprint density at radius 1 is 0.950 bits per heavy atom. The van der Waals surface area contributed by atoms with Gasteiger partial charge in [-0.2, -0.15) is 0 Å². The van der Waals surface area contributed by atoms with Crippen LogP contribution in [0.25, 0.3) is 0 Å². The Hall–Kier alpha value is -1.31. The van der Waals surface area contributed by atoms with Crippen LogP contribution in [0.15, 0.2) is 0 Å². The number of benzene rings is 1. The molecule has 0 radical (unpaired) electrons. The van der Waals surface area contributed by atoms with Gasteiger partial charge in [-0.3, -0.25) is 4.79 Å². The number of carbonyl (C=O) groups is 1. The fraction of sp³-hybridized carbons (Fsp3) is 0.611. The third-order valence-electron chi connectivity index (χ3n) is 4.85. The molecule has 20 heavy (non-hydrogen) atoms. The molecule has 1 aromatic rings. The molecule has 0 fully saturated rings. The van der Waals surface area contributed by atoms with Crippen molar-refractivity contribution in [1.29, 1.82) is 0 Å². The maximum atomic E-state index is 11.3. The summed E-state index contributed by atoms with van der Waals surface area (Å²) in [5.74, 6) is -0.684. The summed E-state index contributed by atoms with van der Waals surface area (Å²) in [4.78, 5) is 11.3. The van der Waals surface area contributed by atoms with Crippen LogP contribution in [0.1, 0.15) is 67.0 Å². The van der Waals surface area contributed by atoms with Gasteiger partial charge < -0.3 is 5.11 Å². The van der Waals surface area contributed by atoms with Crippen molar-refractivity contribution < 1.29 is 9.90 Å². The molecule has 2 aliphatic carbocycles. The SMILES string of the molecule is CC(C)(C)c1c2c(c(CC(=O)O)c3c1CCC3)CCC2. The van der Waals surface area contributed by atoms with Gasteiger partial charge in [0, 0.05) is 0 Å². The lowest BCUT2D eigenvalue weighted by Crippen LogP contribution is -2.20. The summed E-state index contributed by atoms with van der Waals surface area (Å²) in [6.45, 7) is 6.91. The highest BCUT2D eigenvalue weighted by molar-refractivity contribution is 5.73. The molecule has 3 rings (SSSR count). The van der Waals surface area contributed by atoms with Crippen LogP contribution in [0.5, 0.6) is 0 Å². The average molecular weight is 272 g/mol. The van der Waals surface area contributed by atoms with E-state index in [1.807, 2.05) is 0 Å². The van der Waals surface area contributed by atoms with Crippen LogP contribution in [0.2, 0.25) is 0 Å². The van der Waals surface area contributed by atoms with Crippen molar-refractivity contribution in [3.05, 3.63) is 33.4 Å². The number of hydrogen-bond donors (Lipinski definition) is 1. The molecule has 0 heterocycles. The molecule has 2 heteroatoms. The molecule has 2 nitrogen and oxygen atoms in total. The normalized spacial score (nSPS) is 17.1. The fourth-order valence-electron chi connectivity index (χ4n) is 4.34. The summed E-state index contributed by atoms with van der Waals surface area (Å²) in [6.07, 6.45) is 7.03. The second kappa shape index (κ2) is 4.61. The van der Waals surface area contributed by atoms with Crippen molar-refractivity contribution in [3.63, 3.8) is 0 Å². The van der Waals surface area contributed by atoms with Crippen LogP contribution in [0, 0.1) is 0 Å². The summed E-state index contributed by atoms with van der Waals surface area (Å²) in [5, 5.41) is 9.26. The highest BCUT2D eigenvalue weighted by Gasteiger charge is 2.33. The van der Waals surface area contributed by atoms with E-state index in [0.29, 0.717) is 0 Å². The number of hydrogen-bond acceptors (Lipinski definition) is 1. The van der Waals surface area contributed by atoms with E-state index >= 15 is 0 Å². The van der Waals surface area contributed by atoms with Gasteiger partial charge in [0.15, 0.2) is 0 Å². The van der Waals surface area contributed by atoms with E-state index < -0.39 is 5.97 Å². The number of carboxylic acid groups (broad SMARTS) is 1. The van der Waals surface area contributed by atoms with E-state index in [-0.39, 0.29) is 11.8 Å². The molecule has 0 amide bonds. The zero-order valence-corrected chi connectivity index (χ0v) is 12.8. The van der Waals surface area contributed by atoms with Crippen molar-refractivity contribution in [1.82, 2.24) is 0 Å². The van der Waals surface area contributed by atoms with Gasteiger partial charge in [-0.25, -0.2) is 0 Å². The summed E-state index contributed by atoms with van der Waals surface area (Å²) in [6, 6.07) is 0. The Balaban J connectivity index is 2.28. The molecule has 0 spiro atoms. The second-order valence-electron chi connectivity index (χ2n) is 7.30. The lowest BCUT2D eigenvalue weighted by Gasteiger charge is -2.28. The fourth-order valence-corrected chi connectivity index (χ4v) is 4.34. The molecule has 0 saturated heterocycles. The van der Waals surface area contributed by atoms with E-state index in [1.54, 1.807) is 5.56 Å². The number of aliphatic carboxylic acids is 1. The van der Waals surface area contributed by atoms with Crippen LogP contribution in [-0.4, -0.2) is 11.1 Å². The predicted molar refractivity (Wildman–Crippen MR) is 80.5 cm³/mol. The molecule has 108 valence electrons. The third kappa shape index (κ3) is 2.06. The molecule has 0 bridgehead atoms. The van der Waals surface area contributed by atoms with Crippen molar-refractivity contribution in [2.75, 3.05) is 0 Å². The maximum Gasteiger partial charge on any atom is 0.307 e. The van der Waals surface area contributed by atoms with E-state index in [0.717, 1.165) is 25.7 Å². The second-order valence-corrected chi connectivity index (χ2v) is 7.30. The average Bonchev–Trinajstić information content (AvgIpc) is 2.93. The van der Waals surface area contributed by atoms with Gasteiger partial charge in [0.05, 0.1) is 6.42 Å². The molecular formula is C18H24O2. The largest absolute Gasteiger partial charge is 0.481 e. The molecule has 0 aromatic heterocycles. The van der Waals surface area contributed by atoms with Gasteiger partial charge >= 0.3 is 5.97 Å². The van der Waals surface area contributed by atoms with Crippen LogP contribution in [0.4, 0.5) is 0 Å². The number of carboxylic acids is 1. The maximum absolute atomic E-state index is 11.3. The molecule has 1 aromatic carbocycles. The van der Waals surface area contributed by atoms with E-state index in [2.05, 4.69) is 20.8 Å². The summed E-state index contributed by atoms with van der Waals surface area (Å²) in [7, 11) is 0. The first-order valence-corrected chi connectivity index (χ1v) is 7.80. The Morgan fingerprint density at radius 3 is 1.80 bits per heavy atom. The first-order chi connectivity index (χ1) is 9.39. The smallest absolute Gasteiger partial charge is 0.307 e. The zero-order valence-electron chi connectivity index (χ0n) is 12.8. The van der Waals surface area contributed by atoms with Crippen LogP contribution >= 0.6 is 0 Å². The summed E-state index contributed by atoms with van der Waals surface area (Å²) < 4.78 is 0. The minimum absolute atomic E-state index is 0.171. The Morgan fingerprint density at radius 2 is 1.40 bits per heavy atom. The third-order valence-corrected chi connectivity index (χ3v) is 4.85. The quantitative estimate of drug-likeness (QED) is 0.893. The number of rotatable bonds is 2. The minimum atomic E-state index is -0.684. The van der Waals surface area contributed by atoms with Crippen LogP contribution < -0.4 is 0 Å². The van der Waals surface area contributed by atoms with Gasteiger partial charge in [0.1, 0.15) is 0 Å². The molecule has 1 N–H and O–H groups in total. The Kier molecular flexibility index (Phi) is 3.15. The van der Waals surface area contributed by atoms with E-state index in [1.165, 1.54) is 40.7 Å². The van der Waals surface area contributed by atoms with Gasteiger partial charge in [-0.05, 0) is 77.3 Å². The first kappa shape index (κ1) is 13.7. The lowest BCUT2D eigenvalue weighted by atomic mass is 9.76. The van der Waals surface area contributed by atoms with Gasteiger partial charge in [-0.15, -0.1) is 0 Å². The molecule has 0 aliphatic heterocycles. The van der Waals surface area contributed by atoms with Crippen molar-refractivity contribution in [2.45, 2.75) is 71.1 Å². The van der Waals surface area contributed by atoms with Gasteiger partial charge in [-0.1, -0.05) is 20.8 Å². The Labute approximate surface area is 121 Å².